The molecule has 1 fully saturated rings. The van der Waals surface area contributed by atoms with Gasteiger partial charge < -0.3 is 24.7 Å². The Kier molecular flexibility index (Phi) is 7.54. The third-order valence-corrected chi connectivity index (χ3v) is 5.71. The van der Waals surface area contributed by atoms with Gasteiger partial charge in [0.1, 0.15) is 5.65 Å². The highest BCUT2D eigenvalue weighted by Crippen LogP contribution is 2.34. The van der Waals surface area contributed by atoms with Crippen LogP contribution in [0.15, 0.2) is 12.3 Å². The number of amides is 1. The van der Waals surface area contributed by atoms with Gasteiger partial charge in [0.2, 0.25) is 5.91 Å². The van der Waals surface area contributed by atoms with E-state index >= 15 is 0 Å². The van der Waals surface area contributed by atoms with Crippen LogP contribution in [0.2, 0.25) is 0 Å². The maximum atomic E-state index is 12.8. The van der Waals surface area contributed by atoms with Crippen LogP contribution in [0.5, 0.6) is 0 Å². The van der Waals surface area contributed by atoms with Crippen molar-refractivity contribution in [3.05, 3.63) is 18.0 Å². The Balaban J connectivity index is 2.13. The van der Waals surface area contributed by atoms with Gasteiger partial charge in [-0.15, -0.1) is 0 Å². The predicted molar refractivity (Wildman–Crippen MR) is 121 cm³/mol. The smallest absolute Gasteiger partial charge is 0.356 e. The zero-order valence-electron chi connectivity index (χ0n) is 19.2. The SMILES string of the molecule is CC[C@H](C)C(=O)Nc1c(C(=O)OC)n(C[C@@H]2CCCO2)c2ncc(NCC(C)C)cc12. The van der Waals surface area contributed by atoms with E-state index in [2.05, 4.69) is 29.5 Å². The number of hydrogen-bond donors (Lipinski definition) is 2. The van der Waals surface area contributed by atoms with Crippen molar-refractivity contribution in [3.63, 3.8) is 0 Å². The molecular weight excluding hydrogens is 396 g/mol. The lowest BCUT2D eigenvalue weighted by Crippen LogP contribution is -2.23. The fourth-order valence-electron chi connectivity index (χ4n) is 3.68. The normalized spacial score (nSPS) is 17.2. The average Bonchev–Trinajstić information content (AvgIpc) is 3.38. The van der Waals surface area contributed by atoms with Crippen molar-refractivity contribution < 1.29 is 19.1 Å². The molecule has 0 spiro atoms. The highest BCUT2D eigenvalue weighted by atomic mass is 16.5. The molecule has 1 aliphatic rings. The first kappa shape index (κ1) is 23.1. The lowest BCUT2D eigenvalue weighted by Gasteiger charge is -2.15. The van der Waals surface area contributed by atoms with Gasteiger partial charge in [0.25, 0.3) is 0 Å². The van der Waals surface area contributed by atoms with Crippen LogP contribution in [0, 0.1) is 11.8 Å². The van der Waals surface area contributed by atoms with Gasteiger partial charge in [-0.1, -0.05) is 27.7 Å². The van der Waals surface area contributed by atoms with Gasteiger partial charge in [0.05, 0.1) is 37.3 Å². The molecular formula is C23H34N4O4. The topological polar surface area (TPSA) is 94.5 Å². The van der Waals surface area contributed by atoms with Crippen LogP contribution >= 0.6 is 0 Å². The standard InChI is InChI=1S/C23H34N4O4/c1-6-15(4)22(28)26-19-18-10-16(24-11-14(2)3)12-25-21(18)27(20(19)23(29)30-5)13-17-8-7-9-31-17/h10,12,14-15,17,24H,6-9,11,13H2,1-5H3,(H,26,28)/t15-,17-/m0/s1. The van der Waals surface area contributed by atoms with Crippen molar-refractivity contribution in [2.45, 2.75) is 59.6 Å². The summed E-state index contributed by atoms with van der Waals surface area (Å²) in [4.78, 5) is 30.3. The summed E-state index contributed by atoms with van der Waals surface area (Å²) in [5.41, 5.74) is 2.22. The summed E-state index contributed by atoms with van der Waals surface area (Å²) in [6.07, 6.45) is 4.37. The van der Waals surface area contributed by atoms with Crippen LogP contribution in [0.25, 0.3) is 11.0 Å². The second-order valence-corrected chi connectivity index (χ2v) is 8.63. The minimum absolute atomic E-state index is 0.00216. The van der Waals surface area contributed by atoms with Crippen molar-refractivity contribution in [1.82, 2.24) is 9.55 Å². The summed E-state index contributed by atoms with van der Waals surface area (Å²) in [6.45, 7) is 10.1. The molecule has 1 aliphatic heterocycles. The summed E-state index contributed by atoms with van der Waals surface area (Å²) in [5, 5.41) is 7.07. The zero-order valence-corrected chi connectivity index (χ0v) is 19.2. The van der Waals surface area contributed by atoms with E-state index < -0.39 is 5.97 Å². The molecule has 31 heavy (non-hydrogen) atoms. The molecule has 3 heterocycles. The molecule has 8 nitrogen and oxygen atoms in total. The minimum atomic E-state index is -0.507. The number of carbonyl (C=O) groups excluding carboxylic acids is 2. The largest absolute Gasteiger partial charge is 0.464 e. The van der Waals surface area contributed by atoms with Crippen LogP contribution in [0.4, 0.5) is 11.4 Å². The number of nitrogens with zero attached hydrogens (tertiary/aromatic N) is 2. The van der Waals surface area contributed by atoms with Gasteiger partial charge in [0.15, 0.2) is 5.69 Å². The quantitative estimate of drug-likeness (QED) is 0.583. The fourth-order valence-corrected chi connectivity index (χ4v) is 3.68. The number of ether oxygens (including phenoxy) is 2. The van der Waals surface area contributed by atoms with Crippen LogP contribution in [0.1, 0.15) is 57.4 Å². The van der Waals surface area contributed by atoms with Gasteiger partial charge in [0, 0.05) is 24.5 Å². The summed E-state index contributed by atoms with van der Waals surface area (Å²) >= 11 is 0. The molecule has 0 aromatic carbocycles. The van der Waals surface area contributed by atoms with Crippen molar-refractivity contribution in [3.8, 4) is 0 Å². The molecule has 0 unspecified atom stereocenters. The Labute approximate surface area is 183 Å². The molecule has 3 rings (SSSR count). The number of nitrogens with one attached hydrogen (secondary N) is 2. The first-order valence-corrected chi connectivity index (χ1v) is 11.1. The van der Waals surface area contributed by atoms with E-state index in [1.165, 1.54) is 7.11 Å². The molecule has 0 saturated carbocycles. The second kappa shape index (κ2) is 10.1. The van der Waals surface area contributed by atoms with Crippen LogP contribution in [0.3, 0.4) is 0 Å². The number of aromatic nitrogens is 2. The lowest BCUT2D eigenvalue weighted by atomic mass is 10.1. The van der Waals surface area contributed by atoms with Crippen molar-refractivity contribution in [2.24, 2.45) is 11.8 Å². The molecule has 0 bridgehead atoms. The van der Waals surface area contributed by atoms with Gasteiger partial charge in [-0.25, -0.2) is 9.78 Å². The number of fused-ring (bicyclic) bond motifs is 1. The third-order valence-electron chi connectivity index (χ3n) is 5.71. The second-order valence-electron chi connectivity index (χ2n) is 8.63. The number of anilines is 2. The Morgan fingerprint density at radius 3 is 2.74 bits per heavy atom. The molecule has 2 atom stereocenters. The van der Waals surface area contributed by atoms with Gasteiger partial charge in [-0.05, 0) is 31.2 Å². The van der Waals surface area contributed by atoms with Gasteiger partial charge in [-0.3, -0.25) is 4.79 Å². The Morgan fingerprint density at radius 1 is 1.35 bits per heavy atom. The Bertz CT molecular complexity index is 931. The van der Waals surface area contributed by atoms with Gasteiger partial charge in [-0.2, -0.15) is 0 Å². The maximum absolute atomic E-state index is 12.8. The molecule has 1 saturated heterocycles. The third kappa shape index (κ3) is 5.18. The molecule has 2 aromatic rings. The van der Waals surface area contributed by atoms with Crippen LogP contribution in [-0.4, -0.2) is 47.8 Å². The molecule has 8 heteroatoms. The number of rotatable bonds is 9. The lowest BCUT2D eigenvalue weighted by molar-refractivity contribution is -0.119. The monoisotopic (exact) mass is 430 g/mol. The molecule has 170 valence electrons. The number of pyridine rings is 1. The molecule has 1 amide bonds. The summed E-state index contributed by atoms with van der Waals surface area (Å²) in [6, 6.07) is 1.94. The van der Waals surface area contributed by atoms with E-state index in [1.54, 1.807) is 6.20 Å². The fraction of sp³-hybridized carbons (Fsp3) is 0.609. The van der Waals surface area contributed by atoms with Crippen molar-refractivity contribution in [2.75, 3.05) is 30.9 Å². The predicted octanol–water partition coefficient (Wildman–Crippen LogP) is 4.05. The first-order chi connectivity index (χ1) is 14.8. The summed E-state index contributed by atoms with van der Waals surface area (Å²) in [5.74, 6) is -0.358. The summed E-state index contributed by atoms with van der Waals surface area (Å²) in [7, 11) is 1.35. The highest BCUT2D eigenvalue weighted by molar-refractivity contribution is 6.11. The summed E-state index contributed by atoms with van der Waals surface area (Å²) < 4.78 is 12.7. The number of esters is 1. The molecule has 0 radical (unpaired) electrons. The van der Waals surface area contributed by atoms with E-state index in [4.69, 9.17) is 9.47 Å². The van der Waals surface area contributed by atoms with Crippen LogP contribution in [-0.2, 0) is 20.8 Å². The molecule has 0 aliphatic carbocycles. The minimum Gasteiger partial charge on any atom is -0.464 e. The van der Waals surface area contributed by atoms with Gasteiger partial charge >= 0.3 is 5.97 Å². The Hall–Kier alpha value is -2.61. The maximum Gasteiger partial charge on any atom is 0.356 e. The van der Waals surface area contributed by atoms with E-state index in [0.29, 0.717) is 47.9 Å². The molecule has 2 aromatic heterocycles. The van der Waals surface area contributed by atoms with E-state index in [-0.39, 0.29) is 17.9 Å². The van der Waals surface area contributed by atoms with Crippen molar-refractivity contribution >= 4 is 34.3 Å². The average molecular weight is 431 g/mol. The highest BCUT2D eigenvalue weighted by Gasteiger charge is 2.29. The number of hydrogen-bond acceptors (Lipinski definition) is 6. The number of methoxy groups -OCH3 is 1. The molecule has 2 N–H and O–H groups in total. The van der Waals surface area contributed by atoms with E-state index in [9.17, 15) is 9.59 Å². The zero-order chi connectivity index (χ0) is 22.5. The van der Waals surface area contributed by atoms with E-state index in [1.807, 2.05) is 24.5 Å². The van der Waals surface area contributed by atoms with E-state index in [0.717, 1.165) is 25.1 Å². The van der Waals surface area contributed by atoms with Crippen molar-refractivity contribution in [1.29, 1.82) is 0 Å². The Morgan fingerprint density at radius 2 is 2.13 bits per heavy atom. The number of carbonyl (C=O) groups is 2. The van der Waals surface area contributed by atoms with Crippen LogP contribution < -0.4 is 10.6 Å². The first-order valence-electron chi connectivity index (χ1n) is 11.1.